The molecular weight excluding hydrogens is 604 g/mol. The fourth-order valence-corrected chi connectivity index (χ4v) is 6.32. The summed E-state index contributed by atoms with van der Waals surface area (Å²) in [7, 11) is 1.90. The van der Waals surface area contributed by atoms with Crippen molar-refractivity contribution in [1.29, 1.82) is 0 Å². The highest BCUT2D eigenvalue weighted by Gasteiger charge is 2.43. The average molecular weight is 649 g/mol. The Hall–Kier alpha value is -5.22. The third kappa shape index (κ3) is 7.83. The summed E-state index contributed by atoms with van der Waals surface area (Å²) in [5.41, 5.74) is 5.31. The van der Waals surface area contributed by atoms with E-state index in [1.54, 1.807) is 11.0 Å². The second kappa shape index (κ2) is 15.6. The zero-order valence-electron chi connectivity index (χ0n) is 27.9. The summed E-state index contributed by atoms with van der Waals surface area (Å²) >= 11 is 0. The molecule has 0 spiro atoms. The number of hydrogen-bond donors (Lipinski definition) is 3. The number of para-hydroxylation sites is 1. The largest absolute Gasteiger partial charge is 0.350 e. The first kappa shape index (κ1) is 34.1. The molecule has 10 nitrogen and oxygen atoms in total. The smallest absolute Gasteiger partial charge is 0.316 e. The van der Waals surface area contributed by atoms with E-state index in [0.29, 0.717) is 25.1 Å². The lowest BCUT2D eigenvalue weighted by atomic mass is 9.98. The Morgan fingerprint density at radius 1 is 0.979 bits per heavy atom. The van der Waals surface area contributed by atoms with E-state index in [2.05, 4.69) is 22.5 Å². The van der Waals surface area contributed by atoms with Crippen molar-refractivity contribution < 1.29 is 19.2 Å². The minimum absolute atomic E-state index is 0.0234. The molecule has 10 heteroatoms. The van der Waals surface area contributed by atoms with Crippen LogP contribution >= 0.6 is 0 Å². The SMILES string of the molecule is C=CCNCC(=O)N1[C@@H](NC(=O)NCc2ccccc2)CN(Cc2cccc3c(C(=O)CC)cn(C)c23)C(=O)[C@@H]1Cc1ccc(C)cc1. The van der Waals surface area contributed by atoms with Crippen LogP contribution in [0.3, 0.4) is 0 Å². The molecule has 0 aliphatic carbocycles. The summed E-state index contributed by atoms with van der Waals surface area (Å²) in [6, 6.07) is 21.9. The first-order chi connectivity index (χ1) is 23.2. The van der Waals surface area contributed by atoms with Crippen molar-refractivity contribution in [2.75, 3.05) is 19.6 Å². The van der Waals surface area contributed by atoms with Gasteiger partial charge in [0, 0.05) is 56.7 Å². The Kier molecular flexibility index (Phi) is 11.1. The monoisotopic (exact) mass is 648 g/mol. The van der Waals surface area contributed by atoms with Crippen LogP contribution in [0.2, 0.25) is 0 Å². The van der Waals surface area contributed by atoms with E-state index in [1.165, 1.54) is 4.90 Å². The van der Waals surface area contributed by atoms with E-state index >= 15 is 0 Å². The van der Waals surface area contributed by atoms with Gasteiger partial charge in [-0.05, 0) is 23.6 Å². The molecule has 2 atom stereocenters. The minimum atomic E-state index is -0.872. The first-order valence-corrected chi connectivity index (χ1v) is 16.4. The van der Waals surface area contributed by atoms with E-state index in [0.717, 1.165) is 33.2 Å². The number of urea groups is 1. The summed E-state index contributed by atoms with van der Waals surface area (Å²) < 4.78 is 1.93. The maximum atomic E-state index is 14.5. The predicted octanol–water partition coefficient (Wildman–Crippen LogP) is 4.46. The van der Waals surface area contributed by atoms with Crippen molar-refractivity contribution in [2.24, 2.45) is 7.05 Å². The van der Waals surface area contributed by atoms with Gasteiger partial charge in [0.15, 0.2) is 5.78 Å². The van der Waals surface area contributed by atoms with Crippen LogP contribution in [-0.4, -0.2) is 69.8 Å². The van der Waals surface area contributed by atoms with Gasteiger partial charge in [-0.3, -0.25) is 14.4 Å². The van der Waals surface area contributed by atoms with E-state index < -0.39 is 18.2 Å². The molecule has 3 aromatic carbocycles. The van der Waals surface area contributed by atoms with Crippen molar-refractivity contribution in [3.8, 4) is 0 Å². The van der Waals surface area contributed by atoms with Gasteiger partial charge in [0.05, 0.1) is 18.6 Å². The molecule has 0 unspecified atom stereocenters. The number of carbonyl (C=O) groups excluding carboxylic acids is 4. The number of benzene rings is 3. The lowest BCUT2D eigenvalue weighted by molar-refractivity contribution is -0.156. The normalized spacial score (nSPS) is 16.2. The van der Waals surface area contributed by atoms with Crippen molar-refractivity contribution >= 4 is 34.5 Å². The summed E-state index contributed by atoms with van der Waals surface area (Å²) in [5, 5.41) is 9.81. The van der Waals surface area contributed by atoms with Crippen LogP contribution in [0.5, 0.6) is 0 Å². The highest BCUT2D eigenvalue weighted by atomic mass is 16.2. The highest BCUT2D eigenvalue weighted by Crippen LogP contribution is 2.28. The fourth-order valence-electron chi connectivity index (χ4n) is 6.32. The summed E-state index contributed by atoms with van der Waals surface area (Å²) in [5.74, 6) is -0.469. The number of aryl methyl sites for hydroxylation is 2. The van der Waals surface area contributed by atoms with Gasteiger partial charge in [-0.15, -0.1) is 6.58 Å². The number of fused-ring (bicyclic) bond motifs is 1. The Morgan fingerprint density at radius 3 is 2.44 bits per heavy atom. The number of hydrogen-bond acceptors (Lipinski definition) is 5. The van der Waals surface area contributed by atoms with Crippen LogP contribution in [0.15, 0.2) is 91.6 Å². The van der Waals surface area contributed by atoms with Crippen LogP contribution in [0, 0.1) is 6.92 Å². The quantitative estimate of drug-likeness (QED) is 0.113. The van der Waals surface area contributed by atoms with Gasteiger partial charge in [0.2, 0.25) is 11.8 Å². The summed E-state index contributed by atoms with van der Waals surface area (Å²) in [6.07, 6.45) is 3.36. The number of nitrogens with zero attached hydrogens (tertiary/aromatic N) is 3. The number of nitrogens with one attached hydrogen (secondary N) is 3. The standard InChI is InChI=1S/C38H44N6O4/c1-5-19-39-22-35(46)44-32(20-27-17-15-26(3)16-18-27)37(47)43(25-34(44)41-38(48)40-21-28-11-8-7-9-12-28)23-29-13-10-14-30-31(33(45)6-2)24-42(4)36(29)30/h5,7-18,24,32,34,39H,1,6,19-23,25H2,2-4H3,(H2,40,41,48)/t32-,34+/m0/s1. The highest BCUT2D eigenvalue weighted by molar-refractivity contribution is 6.08. The molecule has 48 heavy (non-hydrogen) atoms. The van der Waals surface area contributed by atoms with Gasteiger partial charge in [-0.2, -0.15) is 0 Å². The zero-order chi connectivity index (χ0) is 34.2. The second-order valence-electron chi connectivity index (χ2n) is 12.2. The lowest BCUT2D eigenvalue weighted by Gasteiger charge is -2.46. The number of aromatic nitrogens is 1. The van der Waals surface area contributed by atoms with Crippen LogP contribution in [-0.2, 0) is 36.1 Å². The number of piperazine rings is 1. The number of ketones is 1. The Bertz CT molecular complexity index is 1780. The molecule has 0 radical (unpaired) electrons. The van der Waals surface area contributed by atoms with Gasteiger partial charge in [-0.25, -0.2) is 4.79 Å². The van der Waals surface area contributed by atoms with Crippen molar-refractivity contribution in [1.82, 2.24) is 30.3 Å². The third-order valence-corrected chi connectivity index (χ3v) is 8.73. The molecule has 1 saturated heterocycles. The molecule has 0 bridgehead atoms. The van der Waals surface area contributed by atoms with E-state index in [1.807, 2.05) is 104 Å². The van der Waals surface area contributed by atoms with Crippen LogP contribution in [0.4, 0.5) is 4.79 Å². The fraction of sp³-hybridized carbons (Fsp3) is 0.316. The Morgan fingerprint density at radius 2 is 1.73 bits per heavy atom. The van der Waals surface area contributed by atoms with E-state index in [4.69, 9.17) is 0 Å². The van der Waals surface area contributed by atoms with E-state index in [9.17, 15) is 19.2 Å². The van der Waals surface area contributed by atoms with Gasteiger partial charge in [-0.1, -0.05) is 91.4 Å². The molecule has 3 N–H and O–H groups in total. The second-order valence-corrected chi connectivity index (χ2v) is 12.2. The molecule has 1 fully saturated rings. The van der Waals surface area contributed by atoms with Crippen molar-refractivity contribution in [3.63, 3.8) is 0 Å². The molecule has 2 heterocycles. The van der Waals surface area contributed by atoms with Crippen molar-refractivity contribution in [2.45, 2.75) is 52.0 Å². The van der Waals surface area contributed by atoms with Gasteiger partial charge in [0.1, 0.15) is 12.2 Å². The van der Waals surface area contributed by atoms with Crippen LogP contribution < -0.4 is 16.0 Å². The van der Waals surface area contributed by atoms with Crippen LogP contribution in [0.25, 0.3) is 10.9 Å². The summed E-state index contributed by atoms with van der Waals surface area (Å²) in [4.78, 5) is 57.7. The van der Waals surface area contributed by atoms with Crippen LogP contribution in [0.1, 0.15) is 46.0 Å². The molecule has 1 aromatic heterocycles. The Labute approximate surface area is 281 Å². The molecule has 250 valence electrons. The maximum absolute atomic E-state index is 14.5. The molecule has 0 saturated carbocycles. The average Bonchev–Trinajstić information content (AvgIpc) is 3.44. The predicted molar refractivity (Wildman–Crippen MR) is 187 cm³/mol. The number of rotatable bonds is 13. The maximum Gasteiger partial charge on any atom is 0.316 e. The molecule has 1 aliphatic rings. The Balaban J connectivity index is 1.50. The number of Topliss-reactive ketones (excluding diaryl/α,β-unsaturated/α-hetero) is 1. The van der Waals surface area contributed by atoms with Crippen molar-refractivity contribution in [3.05, 3.63) is 119 Å². The molecule has 1 aliphatic heterocycles. The molecule has 4 aromatic rings. The third-order valence-electron chi connectivity index (χ3n) is 8.73. The minimum Gasteiger partial charge on any atom is -0.350 e. The van der Waals surface area contributed by atoms with Gasteiger partial charge < -0.3 is 30.3 Å². The molecule has 4 amide bonds. The zero-order valence-corrected chi connectivity index (χ0v) is 27.9. The number of carbonyl (C=O) groups is 4. The number of amides is 4. The van der Waals surface area contributed by atoms with Gasteiger partial charge in [0.25, 0.3) is 0 Å². The topological polar surface area (TPSA) is 116 Å². The molecular formula is C38H44N6O4. The van der Waals surface area contributed by atoms with Gasteiger partial charge >= 0.3 is 6.03 Å². The summed E-state index contributed by atoms with van der Waals surface area (Å²) in [6.45, 7) is 8.57. The lowest BCUT2D eigenvalue weighted by Crippen LogP contribution is -2.69. The van der Waals surface area contributed by atoms with E-state index in [-0.39, 0.29) is 43.7 Å². The first-order valence-electron chi connectivity index (χ1n) is 16.4. The molecule has 5 rings (SSSR count).